The molecule has 5 heteroatoms. The molecule has 0 bridgehead atoms. The third-order valence-corrected chi connectivity index (χ3v) is 3.08. The van der Waals surface area contributed by atoms with Crippen LogP contribution in [0.3, 0.4) is 0 Å². The Labute approximate surface area is 109 Å². The Morgan fingerprint density at radius 2 is 2.24 bits per heavy atom. The summed E-state index contributed by atoms with van der Waals surface area (Å²) in [5.74, 6) is 0.818. The van der Waals surface area contributed by atoms with E-state index in [2.05, 4.69) is 38.3 Å². The Hall–Kier alpha value is -1.36. The van der Waals surface area contributed by atoms with E-state index in [0.717, 1.165) is 33.7 Å². The van der Waals surface area contributed by atoms with Crippen molar-refractivity contribution in [3.05, 3.63) is 34.2 Å². The summed E-state index contributed by atoms with van der Waals surface area (Å²) < 4.78 is 2.77. The molecule has 2 aromatic rings. The summed E-state index contributed by atoms with van der Waals surface area (Å²) in [6.45, 7) is 4.11. The molecule has 0 aliphatic carbocycles. The van der Waals surface area contributed by atoms with Crippen LogP contribution in [0.15, 0.2) is 22.9 Å². The number of anilines is 2. The van der Waals surface area contributed by atoms with E-state index in [1.807, 2.05) is 37.1 Å². The molecule has 17 heavy (non-hydrogen) atoms. The van der Waals surface area contributed by atoms with E-state index < -0.39 is 0 Å². The molecule has 90 valence electrons. The lowest BCUT2D eigenvalue weighted by Gasteiger charge is -2.07. The molecule has 0 amide bonds. The number of rotatable bonds is 3. The Morgan fingerprint density at radius 3 is 2.88 bits per heavy atom. The van der Waals surface area contributed by atoms with E-state index in [9.17, 15) is 0 Å². The first-order valence-corrected chi connectivity index (χ1v) is 6.31. The van der Waals surface area contributed by atoms with Crippen LogP contribution in [0, 0.1) is 6.92 Å². The van der Waals surface area contributed by atoms with Crippen LogP contribution in [-0.2, 0) is 13.5 Å². The second-order valence-electron chi connectivity index (χ2n) is 3.98. The van der Waals surface area contributed by atoms with Gasteiger partial charge < -0.3 is 5.32 Å². The highest BCUT2D eigenvalue weighted by Crippen LogP contribution is 2.25. The van der Waals surface area contributed by atoms with Crippen LogP contribution in [0.1, 0.15) is 18.2 Å². The largest absolute Gasteiger partial charge is 0.336 e. The summed E-state index contributed by atoms with van der Waals surface area (Å²) in [5, 5.41) is 7.68. The van der Waals surface area contributed by atoms with Crippen molar-refractivity contribution in [3.63, 3.8) is 0 Å². The van der Waals surface area contributed by atoms with Crippen LogP contribution in [-0.4, -0.2) is 14.8 Å². The standard InChI is InChI=1S/C12H15BrN4/c1-4-10-11(7-17(3)16-10)15-12-9(13)5-8(2)6-14-12/h5-7H,4H2,1-3H3,(H,14,15). The maximum atomic E-state index is 4.38. The van der Waals surface area contributed by atoms with Crippen molar-refractivity contribution in [2.75, 3.05) is 5.32 Å². The van der Waals surface area contributed by atoms with Crippen molar-refractivity contribution in [2.24, 2.45) is 7.05 Å². The summed E-state index contributed by atoms with van der Waals surface area (Å²) >= 11 is 3.51. The van der Waals surface area contributed by atoms with Gasteiger partial charge in [-0.2, -0.15) is 5.10 Å². The predicted octanol–water partition coefficient (Wildman–Crippen LogP) is 3.19. The highest BCUT2D eigenvalue weighted by Gasteiger charge is 2.08. The number of hydrogen-bond acceptors (Lipinski definition) is 3. The highest BCUT2D eigenvalue weighted by atomic mass is 79.9. The maximum Gasteiger partial charge on any atom is 0.144 e. The number of aryl methyl sites for hydroxylation is 3. The molecule has 1 N–H and O–H groups in total. The minimum Gasteiger partial charge on any atom is -0.336 e. The van der Waals surface area contributed by atoms with Gasteiger partial charge in [0.05, 0.1) is 15.9 Å². The minimum atomic E-state index is 0.818. The van der Waals surface area contributed by atoms with Crippen molar-refractivity contribution >= 4 is 27.4 Å². The number of pyridine rings is 1. The van der Waals surface area contributed by atoms with Gasteiger partial charge in [-0.05, 0) is 40.9 Å². The normalized spacial score (nSPS) is 10.6. The minimum absolute atomic E-state index is 0.818. The molecule has 0 saturated heterocycles. The smallest absolute Gasteiger partial charge is 0.144 e. The summed E-state index contributed by atoms with van der Waals surface area (Å²) in [6.07, 6.45) is 4.70. The molecule has 0 aliphatic heterocycles. The Morgan fingerprint density at radius 1 is 1.47 bits per heavy atom. The molecule has 2 rings (SSSR count). The number of aromatic nitrogens is 3. The average molecular weight is 295 g/mol. The molecule has 0 atom stereocenters. The topological polar surface area (TPSA) is 42.7 Å². The molecule has 0 unspecified atom stereocenters. The summed E-state index contributed by atoms with van der Waals surface area (Å²) in [5.41, 5.74) is 3.18. The Bertz CT molecular complexity index is 533. The summed E-state index contributed by atoms with van der Waals surface area (Å²) in [4.78, 5) is 4.36. The molecular formula is C12H15BrN4. The van der Waals surface area contributed by atoms with Gasteiger partial charge in [0.15, 0.2) is 0 Å². The number of hydrogen-bond donors (Lipinski definition) is 1. The zero-order chi connectivity index (χ0) is 12.4. The fourth-order valence-corrected chi connectivity index (χ4v) is 2.22. The SMILES string of the molecule is CCc1nn(C)cc1Nc1ncc(C)cc1Br. The van der Waals surface area contributed by atoms with Gasteiger partial charge in [-0.25, -0.2) is 4.98 Å². The van der Waals surface area contributed by atoms with E-state index in [1.54, 1.807) is 0 Å². The van der Waals surface area contributed by atoms with E-state index in [1.165, 1.54) is 0 Å². The zero-order valence-electron chi connectivity index (χ0n) is 10.2. The van der Waals surface area contributed by atoms with Crippen molar-refractivity contribution in [1.82, 2.24) is 14.8 Å². The second kappa shape index (κ2) is 4.87. The van der Waals surface area contributed by atoms with Gasteiger partial charge in [0.25, 0.3) is 0 Å². The van der Waals surface area contributed by atoms with Crippen LogP contribution in [0.2, 0.25) is 0 Å². The quantitative estimate of drug-likeness (QED) is 0.945. The maximum absolute atomic E-state index is 4.38. The lowest BCUT2D eigenvalue weighted by atomic mass is 10.3. The third kappa shape index (κ3) is 2.66. The van der Waals surface area contributed by atoms with Crippen molar-refractivity contribution in [2.45, 2.75) is 20.3 Å². The molecule has 0 radical (unpaired) electrons. The summed E-state index contributed by atoms with van der Waals surface area (Å²) in [7, 11) is 1.92. The fourth-order valence-electron chi connectivity index (χ4n) is 1.65. The number of halogens is 1. The fraction of sp³-hybridized carbons (Fsp3) is 0.333. The van der Waals surface area contributed by atoms with Crippen LogP contribution in [0.5, 0.6) is 0 Å². The number of nitrogens with zero attached hydrogens (tertiary/aromatic N) is 3. The van der Waals surface area contributed by atoms with E-state index >= 15 is 0 Å². The monoisotopic (exact) mass is 294 g/mol. The van der Waals surface area contributed by atoms with E-state index in [4.69, 9.17) is 0 Å². The molecule has 2 aromatic heterocycles. The van der Waals surface area contributed by atoms with E-state index in [0.29, 0.717) is 0 Å². The zero-order valence-corrected chi connectivity index (χ0v) is 11.7. The lowest BCUT2D eigenvalue weighted by Crippen LogP contribution is -1.96. The predicted molar refractivity (Wildman–Crippen MR) is 72.5 cm³/mol. The molecule has 0 aliphatic rings. The summed E-state index contributed by atoms with van der Waals surface area (Å²) in [6, 6.07) is 2.04. The third-order valence-electron chi connectivity index (χ3n) is 2.47. The van der Waals surface area contributed by atoms with Gasteiger partial charge in [0.1, 0.15) is 5.82 Å². The number of nitrogens with one attached hydrogen (secondary N) is 1. The molecular weight excluding hydrogens is 280 g/mol. The first-order chi connectivity index (χ1) is 8.10. The molecule has 4 nitrogen and oxygen atoms in total. The average Bonchev–Trinajstić information content (AvgIpc) is 2.63. The van der Waals surface area contributed by atoms with Crippen LogP contribution in [0.4, 0.5) is 11.5 Å². The Balaban J connectivity index is 2.30. The first-order valence-electron chi connectivity index (χ1n) is 5.52. The highest BCUT2D eigenvalue weighted by molar-refractivity contribution is 9.10. The Kier molecular flexibility index (Phi) is 3.47. The van der Waals surface area contributed by atoms with Crippen LogP contribution >= 0.6 is 15.9 Å². The second-order valence-corrected chi connectivity index (χ2v) is 4.84. The van der Waals surface area contributed by atoms with Gasteiger partial charge >= 0.3 is 0 Å². The van der Waals surface area contributed by atoms with Gasteiger partial charge in [-0.1, -0.05) is 6.92 Å². The van der Waals surface area contributed by atoms with Crippen molar-refractivity contribution in [3.8, 4) is 0 Å². The van der Waals surface area contributed by atoms with Crippen molar-refractivity contribution in [1.29, 1.82) is 0 Å². The van der Waals surface area contributed by atoms with E-state index in [-0.39, 0.29) is 0 Å². The van der Waals surface area contributed by atoms with Gasteiger partial charge in [-0.15, -0.1) is 0 Å². The van der Waals surface area contributed by atoms with Gasteiger partial charge in [0, 0.05) is 19.4 Å². The molecule has 0 fully saturated rings. The molecule has 0 aromatic carbocycles. The van der Waals surface area contributed by atoms with Crippen LogP contribution < -0.4 is 5.32 Å². The molecule has 0 spiro atoms. The lowest BCUT2D eigenvalue weighted by molar-refractivity contribution is 0.746. The van der Waals surface area contributed by atoms with Gasteiger partial charge in [0.2, 0.25) is 0 Å². The van der Waals surface area contributed by atoms with Gasteiger partial charge in [-0.3, -0.25) is 4.68 Å². The molecule has 2 heterocycles. The first kappa shape index (κ1) is 12.1. The molecule has 0 saturated carbocycles. The van der Waals surface area contributed by atoms with Crippen LogP contribution in [0.25, 0.3) is 0 Å². The van der Waals surface area contributed by atoms with Crippen molar-refractivity contribution < 1.29 is 0 Å².